The summed E-state index contributed by atoms with van der Waals surface area (Å²) in [5, 5.41) is 0. The van der Waals surface area contributed by atoms with Gasteiger partial charge in [0.1, 0.15) is 13.2 Å². The lowest BCUT2D eigenvalue weighted by Gasteiger charge is -2.18. The van der Waals surface area contributed by atoms with Crippen molar-refractivity contribution < 1.29 is 28.6 Å². The van der Waals surface area contributed by atoms with Crippen molar-refractivity contribution in [1.82, 2.24) is 0 Å². The van der Waals surface area contributed by atoms with Crippen LogP contribution in [0.3, 0.4) is 0 Å². The Balaban J connectivity index is 4.70. The summed E-state index contributed by atoms with van der Waals surface area (Å²) in [6.45, 7) is 6.18. The molecule has 66 heavy (non-hydrogen) atoms. The number of ether oxygens (including phenoxy) is 3. The minimum Gasteiger partial charge on any atom is -0.462 e. The minimum absolute atomic E-state index is 0.169. The maximum Gasteiger partial charge on any atom is 0.306 e. The SMILES string of the molecule is CC/C=C\C/C=C\C/C=C\C/C=C\C/C=C\C/C=C\CCC(=O)OCC(COC(=O)CC/C=C\C/C=C\CCCCCCCC)OC(=O)CC/C=C\C/C=C\C/C=C\C/C=C\C/C=C\CC. The van der Waals surface area contributed by atoms with Gasteiger partial charge in [0.05, 0.1) is 0 Å². The fourth-order valence-corrected chi connectivity index (χ4v) is 6.04. The second-order valence-corrected chi connectivity index (χ2v) is 16.0. The van der Waals surface area contributed by atoms with Gasteiger partial charge < -0.3 is 14.2 Å². The second-order valence-electron chi connectivity index (χ2n) is 16.0. The highest BCUT2D eigenvalue weighted by Crippen LogP contribution is 2.09. The Morgan fingerprint density at radius 1 is 0.318 bits per heavy atom. The van der Waals surface area contributed by atoms with Gasteiger partial charge in [-0.25, -0.2) is 0 Å². The Morgan fingerprint density at radius 3 is 0.924 bits per heavy atom. The van der Waals surface area contributed by atoms with Crippen LogP contribution in [0.4, 0.5) is 0 Å². The van der Waals surface area contributed by atoms with E-state index in [1.54, 1.807) is 0 Å². The van der Waals surface area contributed by atoms with E-state index in [1.807, 2.05) is 30.4 Å². The van der Waals surface area contributed by atoms with E-state index in [0.717, 1.165) is 83.5 Å². The third-order valence-corrected chi connectivity index (χ3v) is 9.79. The van der Waals surface area contributed by atoms with Crippen LogP contribution in [0.25, 0.3) is 0 Å². The Kier molecular flexibility index (Phi) is 48.7. The van der Waals surface area contributed by atoms with Crippen molar-refractivity contribution in [3.63, 3.8) is 0 Å². The molecule has 0 aliphatic heterocycles. The number of hydrogen-bond donors (Lipinski definition) is 0. The first-order valence-electron chi connectivity index (χ1n) is 25.5. The fraction of sp³-hybridized carbons (Fsp3) is 0.517. The third-order valence-electron chi connectivity index (χ3n) is 9.79. The predicted octanol–water partition coefficient (Wildman–Crippen LogP) is 17.0. The van der Waals surface area contributed by atoms with E-state index in [1.165, 1.54) is 38.5 Å². The molecule has 0 aliphatic carbocycles. The molecule has 0 aromatic heterocycles. The summed E-state index contributed by atoms with van der Waals surface area (Å²) < 4.78 is 16.6. The van der Waals surface area contributed by atoms with Crippen molar-refractivity contribution in [2.24, 2.45) is 0 Å². The highest BCUT2D eigenvalue weighted by Gasteiger charge is 2.19. The molecule has 0 bridgehead atoms. The fourth-order valence-electron chi connectivity index (χ4n) is 6.04. The first-order chi connectivity index (χ1) is 32.5. The van der Waals surface area contributed by atoms with Gasteiger partial charge >= 0.3 is 17.9 Å². The highest BCUT2D eigenvalue weighted by atomic mass is 16.6. The van der Waals surface area contributed by atoms with Gasteiger partial charge in [0.15, 0.2) is 6.10 Å². The maximum absolute atomic E-state index is 12.8. The quantitative estimate of drug-likeness (QED) is 0.0262. The zero-order valence-electron chi connectivity index (χ0n) is 41.6. The molecule has 0 spiro atoms. The molecule has 0 saturated heterocycles. The van der Waals surface area contributed by atoms with Crippen molar-refractivity contribution >= 4 is 17.9 Å². The van der Waals surface area contributed by atoms with Crippen LogP contribution in [0.2, 0.25) is 0 Å². The Bertz CT molecular complexity index is 1560. The van der Waals surface area contributed by atoms with Gasteiger partial charge in [0.25, 0.3) is 0 Å². The molecular weight excluding hydrogens is 817 g/mol. The number of hydrogen-bond acceptors (Lipinski definition) is 6. The molecule has 0 saturated carbocycles. The number of allylic oxidation sites excluding steroid dienone is 26. The molecule has 0 radical (unpaired) electrons. The molecule has 0 aromatic rings. The Hall–Kier alpha value is -4.97. The lowest BCUT2D eigenvalue weighted by Crippen LogP contribution is -2.30. The van der Waals surface area contributed by atoms with E-state index in [-0.39, 0.29) is 38.4 Å². The number of carbonyl (C=O) groups is 3. The van der Waals surface area contributed by atoms with Crippen molar-refractivity contribution in [2.75, 3.05) is 13.2 Å². The summed E-state index contributed by atoms with van der Waals surface area (Å²) in [7, 11) is 0. The lowest BCUT2D eigenvalue weighted by atomic mass is 10.1. The van der Waals surface area contributed by atoms with Crippen LogP contribution in [0.1, 0.15) is 181 Å². The highest BCUT2D eigenvalue weighted by molar-refractivity contribution is 5.71. The molecule has 0 N–H and O–H groups in total. The van der Waals surface area contributed by atoms with E-state index in [9.17, 15) is 14.4 Å². The van der Waals surface area contributed by atoms with E-state index in [2.05, 4.69) is 148 Å². The van der Waals surface area contributed by atoms with E-state index in [0.29, 0.717) is 19.3 Å². The molecule has 6 nitrogen and oxygen atoms in total. The van der Waals surface area contributed by atoms with Crippen molar-refractivity contribution in [3.8, 4) is 0 Å². The monoisotopic (exact) mass is 907 g/mol. The van der Waals surface area contributed by atoms with Crippen LogP contribution in [0, 0.1) is 0 Å². The van der Waals surface area contributed by atoms with E-state index >= 15 is 0 Å². The molecule has 1 unspecified atom stereocenters. The summed E-state index contributed by atoms with van der Waals surface area (Å²) >= 11 is 0. The van der Waals surface area contributed by atoms with Gasteiger partial charge in [-0.3, -0.25) is 14.4 Å². The van der Waals surface area contributed by atoms with E-state index < -0.39 is 18.0 Å². The topological polar surface area (TPSA) is 78.9 Å². The lowest BCUT2D eigenvalue weighted by molar-refractivity contribution is -0.166. The van der Waals surface area contributed by atoms with E-state index in [4.69, 9.17) is 14.2 Å². The molecule has 0 heterocycles. The molecule has 0 aliphatic rings. The van der Waals surface area contributed by atoms with Gasteiger partial charge in [-0.05, 0) is 109 Å². The van der Waals surface area contributed by atoms with Crippen molar-refractivity contribution in [2.45, 2.75) is 187 Å². The third kappa shape index (κ3) is 50.0. The summed E-state index contributed by atoms with van der Waals surface area (Å²) in [6, 6.07) is 0. The molecule has 0 rings (SSSR count). The summed E-state index contributed by atoms with van der Waals surface area (Å²) in [4.78, 5) is 37.9. The van der Waals surface area contributed by atoms with Crippen molar-refractivity contribution in [3.05, 3.63) is 158 Å². The summed E-state index contributed by atoms with van der Waals surface area (Å²) in [5.74, 6) is -1.22. The van der Waals surface area contributed by atoms with Crippen LogP contribution in [-0.4, -0.2) is 37.2 Å². The van der Waals surface area contributed by atoms with Crippen LogP contribution in [0.15, 0.2) is 158 Å². The zero-order valence-corrected chi connectivity index (χ0v) is 41.6. The summed E-state index contributed by atoms with van der Waals surface area (Å²) in [5.41, 5.74) is 0. The average molecular weight is 907 g/mol. The summed E-state index contributed by atoms with van der Waals surface area (Å²) in [6.07, 6.45) is 76.9. The first kappa shape index (κ1) is 61.0. The van der Waals surface area contributed by atoms with Gasteiger partial charge in [-0.15, -0.1) is 0 Å². The zero-order chi connectivity index (χ0) is 47.9. The Morgan fingerprint density at radius 2 is 0.591 bits per heavy atom. The average Bonchev–Trinajstić information content (AvgIpc) is 3.31. The molecule has 0 aromatic carbocycles. The van der Waals surface area contributed by atoms with Gasteiger partial charge in [0.2, 0.25) is 0 Å². The number of esters is 3. The van der Waals surface area contributed by atoms with Gasteiger partial charge in [0, 0.05) is 19.3 Å². The molecule has 1 atom stereocenters. The molecule has 0 amide bonds. The molecule has 366 valence electrons. The molecule has 6 heteroatoms. The largest absolute Gasteiger partial charge is 0.462 e. The van der Waals surface area contributed by atoms with Crippen molar-refractivity contribution in [1.29, 1.82) is 0 Å². The van der Waals surface area contributed by atoms with Crippen LogP contribution in [-0.2, 0) is 28.6 Å². The van der Waals surface area contributed by atoms with Gasteiger partial charge in [-0.1, -0.05) is 211 Å². The number of rotatable bonds is 43. The van der Waals surface area contributed by atoms with Crippen LogP contribution >= 0.6 is 0 Å². The molecular formula is C60H90O6. The minimum atomic E-state index is -0.878. The standard InChI is InChI=1S/C60H90O6/c1-4-7-10-13-16-19-22-25-27-29-30-31-33-35-38-41-44-47-50-53-59(62)65-56-57(55-64-58(61)52-49-46-43-40-37-34-24-21-18-15-12-9-6-3)66-60(63)54-51-48-45-42-39-36-32-28-26-23-20-17-14-11-8-5-2/h7-8,10-11,16-17,19-20,25-28,30-31,34-39,43-48,57H,4-6,9,12-15,18,21-24,29,32-33,40-42,49-56H2,1-3H3/b10-7-,11-8-,19-16-,20-17-,27-25-,28-26-,31-30-,37-34-,38-35-,39-36-,46-43-,47-44-,48-45-. The van der Waals surface area contributed by atoms with Gasteiger partial charge in [-0.2, -0.15) is 0 Å². The predicted molar refractivity (Wildman–Crippen MR) is 283 cm³/mol. The maximum atomic E-state index is 12.8. The smallest absolute Gasteiger partial charge is 0.306 e. The first-order valence-corrected chi connectivity index (χ1v) is 25.5. The second kappa shape index (κ2) is 52.7. The number of carbonyl (C=O) groups excluding carboxylic acids is 3. The number of unbranched alkanes of at least 4 members (excludes halogenated alkanes) is 6. The Labute approximate surface area is 403 Å². The molecule has 0 fully saturated rings. The normalized spacial score (nSPS) is 13.4. The van der Waals surface area contributed by atoms with Crippen LogP contribution < -0.4 is 0 Å². The van der Waals surface area contributed by atoms with Crippen LogP contribution in [0.5, 0.6) is 0 Å².